The van der Waals surface area contributed by atoms with E-state index < -0.39 is 6.36 Å². The van der Waals surface area contributed by atoms with E-state index in [2.05, 4.69) is 14.9 Å². The highest BCUT2D eigenvalue weighted by molar-refractivity contribution is 7.71. The molecule has 2 rings (SSSR count). The number of H-pyrrole nitrogens is 1. The van der Waals surface area contributed by atoms with Crippen molar-refractivity contribution in [3.8, 4) is 17.1 Å². The standard InChI is InChI=1S/C11H10F3N3OS/c1-2-17-9(15-16-10(17)19)7-3-5-8(6-4-7)18-11(12,13)14/h3-6H,2H2,1H3,(H,16,19). The lowest BCUT2D eigenvalue weighted by atomic mass is 10.2. The van der Waals surface area contributed by atoms with Crippen LogP contribution in [-0.4, -0.2) is 21.1 Å². The highest BCUT2D eigenvalue weighted by atomic mass is 32.1. The molecular formula is C11H10F3N3OS. The fourth-order valence-corrected chi connectivity index (χ4v) is 1.90. The Bertz CT molecular complexity index is 615. The zero-order chi connectivity index (χ0) is 14.0. The molecule has 4 nitrogen and oxygen atoms in total. The van der Waals surface area contributed by atoms with Crippen molar-refractivity contribution in [3.05, 3.63) is 29.0 Å². The molecule has 0 aliphatic heterocycles. The largest absolute Gasteiger partial charge is 0.573 e. The summed E-state index contributed by atoms with van der Waals surface area (Å²) < 4.78 is 42.1. The highest BCUT2D eigenvalue weighted by Crippen LogP contribution is 2.25. The van der Waals surface area contributed by atoms with Crippen LogP contribution < -0.4 is 4.74 Å². The maximum absolute atomic E-state index is 12.0. The van der Waals surface area contributed by atoms with Crippen molar-refractivity contribution in [1.82, 2.24) is 14.8 Å². The van der Waals surface area contributed by atoms with E-state index in [0.717, 1.165) is 0 Å². The number of ether oxygens (including phenoxy) is 1. The molecule has 0 fully saturated rings. The fourth-order valence-electron chi connectivity index (χ4n) is 1.64. The summed E-state index contributed by atoms with van der Waals surface area (Å²) in [6.07, 6.45) is -4.69. The summed E-state index contributed by atoms with van der Waals surface area (Å²) in [5, 5.41) is 6.69. The van der Waals surface area contributed by atoms with Gasteiger partial charge in [0, 0.05) is 12.1 Å². The highest BCUT2D eigenvalue weighted by Gasteiger charge is 2.31. The van der Waals surface area contributed by atoms with Crippen LogP contribution in [0.3, 0.4) is 0 Å². The van der Waals surface area contributed by atoms with Crippen LogP contribution in [-0.2, 0) is 6.54 Å². The molecule has 1 N–H and O–H groups in total. The molecule has 0 radical (unpaired) electrons. The van der Waals surface area contributed by atoms with Crippen molar-refractivity contribution in [3.63, 3.8) is 0 Å². The molecule has 0 aliphatic rings. The predicted molar refractivity (Wildman–Crippen MR) is 65.2 cm³/mol. The van der Waals surface area contributed by atoms with Crippen LogP contribution in [0.15, 0.2) is 24.3 Å². The Labute approximate surface area is 111 Å². The topological polar surface area (TPSA) is 42.8 Å². The first kappa shape index (κ1) is 13.6. The molecule has 2 aromatic rings. The van der Waals surface area contributed by atoms with Crippen LogP contribution in [0.25, 0.3) is 11.4 Å². The minimum atomic E-state index is -4.69. The smallest absolute Gasteiger partial charge is 0.406 e. The van der Waals surface area contributed by atoms with Crippen LogP contribution in [0.5, 0.6) is 5.75 Å². The van der Waals surface area contributed by atoms with Crippen molar-refractivity contribution < 1.29 is 17.9 Å². The Morgan fingerprint density at radius 3 is 2.47 bits per heavy atom. The average Bonchev–Trinajstić information content (AvgIpc) is 2.69. The van der Waals surface area contributed by atoms with Gasteiger partial charge in [0.15, 0.2) is 10.6 Å². The second-order valence-electron chi connectivity index (χ2n) is 3.67. The number of hydrogen-bond donors (Lipinski definition) is 1. The molecule has 1 aromatic carbocycles. The number of hydrogen-bond acceptors (Lipinski definition) is 3. The van der Waals surface area contributed by atoms with Gasteiger partial charge in [0.2, 0.25) is 0 Å². The molecule has 8 heteroatoms. The van der Waals surface area contributed by atoms with E-state index in [4.69, 9.17) is 12.2 Å². The Morgan fingerprint density at radius 2 is 1.95 bits per heavy atom. The van der Waals surface area contributed by atoms with Crippen molar-refractivity contribution in [2.45, 2.75) is 19.8 Å². The summed E-state index contributed by atoms with van der Waals surface area (Å²) in [6, 6.07) is 5.47. The van der Waals surface area contributed by atoms with Gasteiger partial charge in [0.1, 0.15) is 5.75 Å². The third kappa shape index (κ3) is 3.14. The van der Waals surface area contributed by atoms with Gasteiger partial charge in [-0.05, 0) is 43.4 Å². The molecule has 0 amide bonds. The van der Waals surface area contributed by atoms with Gasteiger partial charge >= 0.3 is 6.36 Å². The molecule has 0 unspecified atom stereocenters. The molecule has 0 bridgehead atoms. The van der Waals surface area contributed by atoms with Crippen LogP contribution in [0.1, 0.15) is 6.92 Å². The number of rotatable bonds is 3. The maximum Gasteiger partial charge on any atom is 0.573 e. The molecule has 0 saturated heterocycles. The minimum absolute atomic E-state index is 0.270. The van der Waals surface area contributed by atoms with Gasteiger partial charge in [0.25, 0.3) is 0 Å². The predicted octanol–water partition coefficient (Wildman–Crippen LogP) is 3.53. The third-order valence-electron chi connectivity index (χ3n) is 2.42. The van der Waals surface area contributed by atoms with E-state index in [0.29, 0.717) is 22.7 Å². The van der Waals surface area contributed by atoms with Gasteiger partial charge < -0.3 is 9.30 Å². The van der Waals surface area contributed by atoms with E-state index in [1.54, 1.807) is 4.57 Å². The molecule has 0 aliphatic carbocycles. The maximum atomic E-state index is 12.0. The second kappa shape index (κ2) is 5.04. The Hall–Kier alpha value is -1.83. The van der Waals surface area contributed by atoms with Gasteiger partial charge in [-0.3, -0.25) is 5.10 Å². The lowest BCUT2D eigenvalue weighted by Crippen LogP contribution is -2.16. The van der Waals surface area contributed by atoms with E-state index in [1.807, 2.05) is 6.92 Å². The summed E-state index contributed by atoms with van der Waals surface area (Å²) in [4.78, 5) is 0. The van der Waals surface area contributed by atoms with Gasteiger partial charge in [-0.25, -0.2) is 0 Å². The van der Waals surface area contributed by atoms with E-state index >= 15 is 0 Å². The SMILES string of the molecule is CCn1c(-c2ccc(OC(F)(F)F)cc2)n[nH]c1=S. The number of aromatic amines is 1. The molecule has 0 atom stereocenters. The molecule has 1 aromatic heterocycles. The summed E-state index contributed by atoms with van der Waals surface area (Å²) in [5.41, 5.74) is 0.656. The first-order valence-corrected chi connectivity index (χ1v) is 5.83. The number of nitrogens with zero attached hydrogens (tertiary/aromatic N) is 2. The van der Waals surface area contributed by atoms with Gasteiger partial charge in [0.05, 0.1) is 0 Å². The number of aromatic nitrogens is 3. The van der Waals surface area contributed by atoms with E-state index in [1.165, 1.54) is 24.3 Å². The van der Waals surface area contributed by atoms with E-state index in [-0.39, 0.29) is 5.75 Å². The molecule has 0 spiro atoms. The molecule has 1 heterocycles. The third-order valence-corrected chi connectivity index (χ3v) is 2.73. The fraction of sp³-hybridized carbons (Fsp3) is 0.273. The molecular weight excluding hydrogens is 279 g/mol. The number of halogens is 3. The lowest BCUT2D eigenvalue weighted by molar-refractivity contribution is -0.274. The van der Waals surface area contributed by atoms with Crippen LogP contribution in [0, 0.1) is 4.77 Å². The van der Waals surface area contributed by atoms with Crippen molar-refractivity contribution in [2.24, 2.45) is 0 Å². The normalized spacial score (nSPS) is 11.6. The zero-order valence-corrected chi connectivity index (χ0v) is 10.7. The Kier molecular flexibility index (Phi) is 3.61. The number of benzene rings is 1. The summed E-state index contributed by atoms with van der Waals surface area (Å²) in [7, 11) is 0. The Morgan fingerprint density at radius 1 is 1.32 bits per heavy atom. The van der Waals surface area contributed by atoms with E-state index in [9.17, 15) is 13.2 Å². The van der Waals surface area contributed by atoms with Crippen LogP contribution in [0.4, 0.5) is 13.2 Å². The minimum Gasteiger partial charge on any atom is -0.406 e. The second-order valence-corrected chi connectivity index (χ2v) is 4.06. The van der Waals surface area contributed by atoms with Gasteiger partial charge in [-0.1, -0.05) is 0 Å². The number of alkyl halides is 3. The first-order valence-electron chi connectivity index (χ1n) is 5.42. The molecule has 19 heavy (non-hydrogen) atoms. The van der Waals surface area contributed by atoms with Crippen molar-refractivity contribution in [2.75, 3.05) is 0 Å². The zero-order valence-electron chi connectivity index (χ0n) is 9.86. The molecule has 102 valence electrons. The summed E-state index contributed by atoms with van der Waals surface area (Å²) >= 11 is 5.04. The molecule has 0 saturated carbocycles. The first-order chi connectivity index (χ1) is 8.90. The van der Waals surface area contributed by atoms with Gasteiger partial charge in [-0.2, -0.15) is 5.10 Å². The van der Waals surface area contributed by atoms with Crippen LogP contribution in [0.2, 0.25) is 0 Å². The van der Waals surface area contributed by atoms with Gasteiger partial charge in [-0.15, -0.1) is 13.2 Å². The summed E-state index contributed by atoms with van der Waals surface area (Å²) in [6.45, 7) is 2.52. The Balaban J connectivity index is 2.30. The van der Waals surface area contributed by atoms with Crippen LogP contribution >= 0.6 is 12.2 Å². The summed E-state index contributed by atoms with van der Waals surface area (Å²) in [5.74, 6) is 0.305. The average molecular weight is 289 g/mol. The lowest BCUT2D eigenvalue weighted by Gasteiger charge is -2.09. The van der Waals surface area contributed by atoms with Crippen molar-refractivity contribution in [1.29, 1.82) is 0 Å². The van der Waals surface area contributed by atoms with Crippen molar-refractivity contribution >= 4 is 12.2 Å². The number of nitrogens with one attached hydrogen (secondary N) is 1. The monoisotopic (exact) mass is 289 g/mol. The quantitative estimate of drug-likeness (QED) is 0.879.